The Bertz CT molecular complexity index is 399. The van der Waals surface area contributed by atoms with E-state index in [9.17, 15) is 9.59 Å². The van der Waals surface area contributed by atoms with Crippen molar-refractivity contribution in [3.05, 3.63) is 28.3 Å². The zero-order valence-corrected chi connectivity index (χ0v) is 9.30. The SMILES string of the molecule is COc1cc(C)c(Cl)cc1C(=O)CC=O. The average molecular weight is 227 g/mol. The number of aldehydes is 1. The molecule has 0 atom stereocenters. The Morgan fingerprint density at radius 2 is 2.20 bits per heavy atom. The summed E-state index contributed by atoms with van der Waals surface area (Å²) in [6.45, 7) is 1.82. The molecule has 1 aromatic carbocycles. The van der Waals surface area contributed by atoms with Crippen LogP contribution in [0.5, 0.6) is 5.75 Å². The van der Waals surface area contributed by atoms with Gasteiger partial charge in [0.1, 0.15) is 12.0 Å². The van der Waals surface area contributed by atoms with Gasteiger partial charge in [-0.25, -0.2) is 0 Å². The molecule has 3 nitrogen and oxygen atoms in total. The number of methoxy groups -OCH3 is 1. The number of ether oxygens (including phenoxy) is 1. The molecule has 15 heavy (non-hydrogen) atoms. The van der Waals surface area contributed by atoms with Crippen molar-refractivity contribution in [2.24, 2.45) is 0 Å². The minimum atomic E-state index is -0.288. The summed E-state index contributed by atoms with van der Waals surface area (Å²) in [5, 5.41) is 0.491. The summed E-state index contributed by atoms with van der Waals surface area (Å²) >= 11 is 5.89. The highest BCUT2D eigenvalue weighted by Crippen LogP contribution is 2.27. The zero-order chi connectivity index (χ0) is 11.4. The predicted octanol–water partition coefficient (Wildman–Crippen LogP) is 2.43. The molecule has 0 amide bonds. The number of carbonyl (C=O) groups excluding carboxylic acids is 2. The summed E-state index contributed by atoms with van der Waals surface area (Å²) < 4.78 is 5.05. The topological polar surface area (TPSA) is 43.4 Å². The van der Waals surface area contributed by atoms with Gasteiger partial charge in [0.2, 0.25) is 0 Å². The minimum absolute atomic E-state index is 0.157. The molecular weight excluding hydrogens is 216 g/mol. The summed E-state index contributed by atoms with van der Waals surface area (Å²) in [7, 11) is 1.47. The van der Waals surface area contributed by atoms with Crippen LogP contribution in [0.25, 0.3) is 0 Å². The van der Waals surface area contributed by atoms with Gasteiger partial charge in [0.05, 0.1) is 19.1 Å². The van der Waals surface area contributed by atoms with Crippen LogP contribution in [0, 0.1) is 6.92 Å². The molecule has 0 N–H and O–H groups in total. The van der Waals surface area contributed by atoms with Gasteiger partial charge in [0.15, 0.2) is 5.78 Å². The first-order chi connectivity index (χ1) is 7.10. The molecule has 0 spiro atoms. The number of rotatable bonds is 4. The van der Waals surface area contributed by atoms with E-state index in [1.54, 1.807) is 6.07 Å². The van der Waals surface area contributed by atoms with Crippen LogP contribution in [0.4, 0.5) is 0 Å². The van der Waals surface area contributed by atoms with Crippen molar-refractivity contribution in [3.8, 4) is 5.75 Å². The van der Waals surface area contributed by atoms with Crippen molar-refractivity contribution in [3.63, 3.8) is 0 Å². The van der Waals surface area contributed by atoms with Crippen molar-refractivity contribution in [1.82, 2.24) is 0 Å². The fraction of sp³-hybridized carbons (Fsp3) is 0.273. The number of halogens is 1. The monoisotopic (exact) mass is 226 g/mol. The van der Waals surface area contributed by atoms with E-state index in [0.717, 1.165) is 5.56 Å². The molecule has 0 fully saturated rings. The maximum absolute atomic E-state index is 11.5. The van der Waals surface area contributed by atoms with Crippen LogP contribution in [0.2, 0.25) is 5.02 Å². The third-order valence-electron chi connectivity index (χ3n) is 2.05. The fourth-order valence-electron chi connectivity index (χ4n) is 1.23. The van der Waals surface area contributed by atoms with Gasteiger partial charge < -0.3 is 9.53 Å². The molecule has 1 rings (SSSR count). The third kappa shape index (κ3) is 2.57. The zero-order valence-electron chi connectivity index (χ0n) is 8.54. The molecule has 0 aliphatic carbocycles. The second kappa shape index (κ2) is 4.94. The molecule has 0 heterocycles. The molecular formula is C11H11ClO3. The summed E-state index contributed by atoms with van der Waals surface area (Å²) in [6.07, 6.45) is 0.408. The van der Waals surface area contributed by atoms with Gasteiger partial charge >= 0.3 is 0 Å². The van der Waals surface area contributed by atoms with Gasteiger partial charge in [0, 0.05) is 5.02 Å². The summed E-state index contributed by atoms with van der Waals surface area (Å²) in [4.78, 5) is 21.8. The van der Waals surface area contributed by atoms with E-state index in [-0.39, 0.29) is 12.2 Å². The fourth-order valence-corrected chi connectivity index (χ4v) is 1.39. The first kappa shape index (κ1) is 11.7. The molecule has 0 saturated carbocycles. The van der Waals surface area contributed by atoms with Gasteiger partial charge in [-0.05, 0) is 24.6 Å². The highest BCUT2D eigenvalue weighted by molar-refractivity contribution is 6.31. The maximum Gasteiger partial charge on any atom is 0.173 e. The van der Waals surface area contributed by atoms with Gasteiger partial charge in [0.25, 0.3) is 0 Å². The number of hydrogen-bond acceptors (Lipinski definition) is 3. The van der Waals surface area contributed by atoms with E-state index in [0.29, 0.717) is 22.6 Å². The highest BCUT2D eigenvalue weighted by Gasteiger charge is 2.13. The Morgan fingerprint density at radius 3 is 2.73 bits per heavy atom. The van der Waals surface area contributed by atoms with Crippen LogP contribution in [-0.2, 0) is 4.79 Å². The molecule has 4 heteroatoms. The van der Waals surface area contributed by atoms with Gasteiger partial charge in [-0.1, -0.05) is 11.6 Å². The van der Waals surface area contributed by atoms with Crippen LogP contribution in [0.3, 0.4) is 0 Å². The van der Waals surface area contributed by atoms with E-state index in [1.807, 2.05) is 6.92 Å². The molecule has 0 aliphatic rings. The highest BCUT2D eigenvalue weighted by atomic mass is 35.5. The summed E-state index contributed by atoms with van der Waals surface area (Å²) in [5.74, 6) is 0.160. The van der Waals surface area contributed by atoms with Crippen molar-refractivity contribution in [1.29, 1.82) is 0 Å². The van der Waals surface area contributed by atoms with Crippen molar-refractivity contribution < 1.29 is 14.3 Å². The molecule has 0 bridgehead atoms. The standard InChI is InChI=1S/C11H11ClO3/c1-7-5-11(15-2)8(6-9(7)12)10(14)3-4-13/h4-6H,3H2,1-2H3. The quantitative estimate of drug-likeness (QED) is 0.450. The Labute approximate surface area is 93.0 Å². The van der Waals surface area contributed by atoms with E-state index in [2.05, 4.69) is 0 Å². The number of aryl methyl sites for hydroxylation is 1. The van der Waals surface area contributed by atoms with E-state index >= 15 is 0 Å². The van der Waals surface area contributed by atoms with Gasteiger partial charge in [-0.2, -0.15) is 0 Å². The van der Waals surface area contributed by atoms with E-state index in [1.165, 1.54) is 13.2 Å². The molecule has 1 aromatic rings. The lowest BCUT2D eigenvalue weighted by Gasteiger charge is -2.08. The molecule has 0 aliphatic heterocycles. The maximum atomic E-state index is 11.5. The molecule has 0 aromatic heterocycles. The third-order valence-corrected chi connectivity index (χ3v) is 2.46. The first-order valence-corrected chi connectivity index (χ1v) is 4.79. The smallest absolute Gasteiger partial charge is 0.173 e. The van der Waals surface area contributed by atoms with Crippen LogP contribution in [0.1, 0.15) is 22.3 Å². The molecule has 0 unspecified atom stereocenters. The largest absolute Gasteiger partial charge is 0.496 e. The summed E-state index contributed by atoms with van der Waals surface area (Å²) in [6, 6.07) is 3.21. The lowest BCUT2D eigenvalue weighted by atomic mass is 10.1. The Morgan fingerprint density at radius 1 is 1.53 bits per heavy atom. The average Bonchev–Trinajstić information content (AvgIpc) is 2.21. The number of benzene rings is 1. The number of hydrogen-bond donors (Lipinski definition) is 0. The number of carbonyl (C=O) groups is 2. The van der Waals surface area contributed by atoms with Gasteiger partial charge in [-0.15, -0.1) is 0 Å². The Hall–Kier alpha value is -1.35. The number of ketones is 1. The molecule has 80 valence electrons. The van der Waals surface area contributed by atoms with E-state index < -0.39 is 0 Å². The lowest BCUT2D eigenvalue weighted by molar-refractivity contribution is -0.107. The second-order valence-corrected chi connectivity index (χ2v) is 3.50. The van der Waals surface area contributed by atoms with Crippen LogP contribution >= 0.6 is 11.6 Å². The predicted molar refractivity (Wildman–Crippen MR) is 57.8 cm³/mol. The number of Topliss-reactive ketones (excluding diaryl/α,β-unsaturated/α-hetero) is 1. The summed E-state index contributed by atoms with van der Waals surface area (Å²) in [5.41, 5.74) is 1.18. The minimum Gasteiger partial charge on any atom is -0.496 e. The van der Waals surface area contributed by atoms with Gasteiger partial charge in [-0.3, -0.25) is 4.79 Å². The molecule has 0 radical (unpaired) electrons. The lowest BCUT2D eigenvalue weighted by Crippen LogP contribution is -2.03. The normalized spacial score (nSPS) is 9.80. The van der Waals surface area contributed by atoms with Crippen molar-refractivity contribution >= 4 is 23.7 Å². The van der Waals surface area contributed by atoms with Crippen LogP contribution in [-0.4, -0.2) is 19.2 Å². The van der Waals surface area contributed by atoms with Crippen LogP contribution in [0.15, 0.2) is 12.1 Å². The van der Waals surface area contributed by atoms with E-state index in [4.69, 9.17) is 16.3 Å². The van der Waals surface area contributed by atoms with Crippen LogP contribution < -0.4 is 4.74 Å². The van der Waals surface area contributed by atoms with Crippen molar-refractivity contribution in [2.45, 2.75) is 13.3 Å². The van der Waals surface area contributed by atoms with Crippen molar-refractivity contribution in [2.75, 3.05) is 7.11 Å². The first-order valence-electron chi connectivity index (χ1n) is 4.41. The Balaban J connectivity index is 3.20. The molecule has 0 saturated heterocycles. The Kier molecular flexibility index (Phi) is 3.86. The second-order valence-electron chi connectivity index (χ2n) is 3.10.